The summed E-state index contributed by atoms with van der Waals surface area (Å²) in [5.74, 6) is 0. The lowest BCUT2D eigenvalue weighted by molar-refractivity contribution is 0.669. The van der Waals surface area contributed by atoms with Crippen LogP contribution in [0.15, 0.2) is 125 Å². The fourth-order valence-corrected chi connectivity index (χ4v) is 4.05. The van der Waals surface area contributed by atoms with Gasteiger partial charge in [-0.25, -0.2) is 0 Å². The van der Waals surface area contributed by atoms with Gasteiger partial charge in [0.25, 0.3) is 0 Å². The minimum absolute atomic E-state index is 0.388. The third kappa shape index (κ3) is 2.66. The van der Waals surface area contributed by atoms with Crippen molar-refractivity contribution in [1.29, 1.82) is 0 Å². The van der Waals surface area contributed by atoms with Crippen molar-refractivity contribution < 1.29 is 31.8 Å². The number of hydrogen-bond donors (Lipinski definition) is 0. The fraction of sp³-hybridized carbons (Fsp3) is 0. The Morgan fingerprint density at radius 1 is 0.424 bits per heavy atom. The number of hydrogen-bond acceptors (Lipinski definition) is 1. The van der Waals surface area contributed by atoms with Crippen molar-refractivity contribution in [2.75, 3.05) is 0 Å². The van der Waals surface area contributed by atoms with Gasteiger partial charge in [-0.1, -0.05) is 109 Å². The van der Waals surface area contributed by atoms with E-state index in [1.165, 1.54) is 0 Å². The Morgan fingerprint density at radius 3 is 1.61 bits per heavy atom. The summed E-state index contributed by atoms with van der Waals surface area (Å²) in [7, 11) is 0. The van der Waals surface area contributed by atoms with Gasteiger partial charge < -0.3 is 4.42 Å². The first-order valence-electron chi connectivity index (χ1n) is 19.7. The van der Waals surface area contributed by atoms with Crippen LogP contribution in [0.3, 0.4) is 0 Å². The van der Waals surface area contributed by atoms with Gasteiger partial charge in [0, 0.05) is 10.8 Å². The summed E-state index contributed by atoms with van der Waals surface area (Å²) in [6, 6.07) is -16.4. The molecule has 0 N–H and O–H groups in total. The van der Waals surface area contributed by atoms with Crippen LogP contribution in [-0.2, 0) is 0 Å². The number of furan rings is 1. The molecule has 1 heteroatoms. The quantitative estimate of drug-likeness (QED) is 0.244. The Hall–Kier alpha value is -4.36. The Morgan fingerprint density at radius 2 is 0.939 bits per heavy atom. The van der Waals surface area contributed by atoms with Gasteiger partial charge in [0.05, 0.1) is 27.4 Å². The highest BCUT2D eigenvalue weighted by atomic mass is 16.3. The molecule has 1 nitrogen and oxygen atoms in total. The monoisotopic (exact) mass is 440 g/mol. The molecule has 0 amide bonds. The summed E-state index contributed by atoms with van der Waals surface area (Å²) >= 11 is 0. The maximum absolute atomic E-state index is 9.19. The zero-order valence-corrected chi connectivity index (χ0v) is 16.4. The molecule has 6 aromatic carbocycles. The van der Waals surface area contributed by atoms with E-state index in [1.54, 1.807) is 0 Å². The summed E-state index contributed by atoms with van der Waals surface area (Å²) in [4.78, 5) is 0. The first kappa shape index (κ1) is 7.33. The van der Waals surface area contributed by atoms with Gasteiger partial charge in [0.1, 0.15) is 11.2 Å². The van der Waals surface area contributed by atoms with Crippen LogP contribution in [0.2, 0.25) is 0 Å². The van der Waals surface area contributed by atoms with Crippen LogP contribution in [0.5, 0.6) is 0 Å². The van der Waals surface area contributed by atoms with Gasteiger partial charge in [-0.15, -0.1) is 0 Å². The third-order valence-corrected chi connectivity index (χ3v) is 5.32. The largest absolute Gasteiger partial charge is 0.456 e. The van der Waals surface area contributed by atoms with E-state index in [-0.39, 0.29) is 5.39 Å². The average molecular weight is 441 g/mol. The smallest absolute Gasteiger partial charge is 0.136 e. The molecular formula is C32H20O. The number of rotatable bonds is 2. The maximum atomic E-state index is 9.19. The van der Waals surface area contributed by atoms with Gasteiger partial charge >= 0.3 is 0 Å². The van der Waals surface area contributed by atoms with Crippen LogP contribution in [0, 0.1) is 0 Å². The molecular weight excluding hydrogens is 400 g/mol. The first-order valence-corrected chi connectivity index (χ1v) is 9.66. The maximum Gasteiger partial charge on any atom is 0.136 e. The first-order chi connectivity index (χ1) is 24.7. The molecule has 1 aromatic heterocycles. The second kappa shape index (κ2) is 7.08. The van der Waals surface area contributed by atoms with Crippen molar-refractivity contribution in [2.24, 2.45) is 0 Å². The van der Waals surface area contributed by atoms with Crippen molar-refractivity contribution in [2.45, 2.75) is 0 Å². The van der Waals surface area contributed by atoms with Gasteiger partial charge in [-0.2, -0.15) is 0 Å². The lowest BCUT2D eigenvalue weighted by atomic mass is 9.85. The number of para-hydroxylation sites is 1. The highest BCUT2D eigenvalue weighted by Gasteiger charge is 2.19. The van der Waals surface area contributed by atoms with Crippen LogP contribution in [-0.4, -0.2) is 0 Å². The Bertz CT molecular complexity index is 2780. The summed E-state index contributed by atoms with van der Waals surface area (Å²) in [5.41, 5.74) is -3.32. The number of benzene rings is 6. The topological polar surface area (TPSA) is 13.1 Å². The van der Waals surface area contributed by atoms with Gasteiger partial charge in [0.15, 0.2) is 0 Å². The Labute approximate surface area is 219 Å². The number of fused-ring (bicyclic) bond motifs is 5. The molecule has 0 aliphatic carbocycles. The van der Waals surface area contributed by atoms with Crippen LogP contribution in [0.1, 0.15) is 27.4 Å². The molecule has 0 saturated carbocycles. The molecule has 0 spiro atoms. The summed E-state index contributed by atoms with van der Waals surface area (Å²) < 4.78 is 180. The lowest BCUT2D eigenvalue weighted by Gasteiger charge is -2.18. The van der Waals surface area contributed by atoms with E-state index in [4.69, 9.17) is 30.5 Å². The van der Waals surface area contributed by atoms with E-state index >= 15 is 0 Å². The average Bonchev–Trinajstić information content (AvgIpc) is 3.53. The van der Waals surface area contributed by atoms with Crippen molar-refractivity contribution in [1.82, 2.24) is 0 Å². The van der Waals surface area contributed by atoms with E-state index in [0.717, 1.165) is 0 Å². The Kier molecular flexibility index (Phi) is 1.57. The van der Waals surface area contributed by atoms with E-state index in [0.29, 0.717) is 0 Å². The summed E-state index contributed by atoms with van der Waals surface area (Å²) in [6.07, 6.45) is 0. The van der Waals surface area contributed by atoms with Crippen molar-refractivity contribution in [3.63, 3.8) is 0 Å². The lowest BCUT2D eigenvalue weighted by Crippen LogP contribution is -1.91. The molecule has 0 atom stereocenters. The van der Waals surface area contributed by atoms with Crippen molar-refractivity contribution >= 4 is 43.5 Å². The molecule has 0 saturated heterocycles. The molecule has 1 heterocycles. The molecule has 0 aliphatic rings. The molecule has 154 valence electrons. The summed E-state index contributed by atoms with van der Waals surface area (Å²) in [5, 5.41) is -3.08. The second-order valence-corrected chi connectivity index (χ2v) is 7.01. The van der Waals surface area contributed by atoms with Gasteiger partial charge in [0.2, 0.25) is 0 Å². The zero-order valence-electron chi connectivity index (χ0n) is 36.4. The Balaban J connectivity index is 1.97. The second-order valence-electron chi connectivity index (χ2n) is 7.01. The fourth-order valence-electron chi connectivity index (χ4n) is 4.05. The molecule has 7 aromatic rings. The molecule has 0 fully saturated rings. The highest BCUT2D eigenvalue weighted by molar-refractivity contribution is 6.25. The van der Waals surface area contributed by atoms with Gasteiger partial charge in [-0.3, -0.25) is 0 Å². The predicted molar refractivity (Wildman–Crippen MR) is 140 cm³/mol. The van der Waals surface area contributed by atoms with E-state index in [9.17, 15) is 1.37 Å². The zero-order chi connectivity index (χ0) is 39.2. The van der Waals surface area contributed by atoms with Gasteiger partial charge in [-0.05, 0) is 55.9 Å². The van der Waals surface area contributed by atoms with Crippen LogP contribution in [0.4, 0.5) is 0 Å². The molecule has 0 aliphatic heterocycles. The molecule has 0 radical (unpaired) electrons. The van der Waals surface area contributed by atoms with E-state index < -0.39 is 181 Å². The van der Waals surface area contributed by atoms with Crippen LogP contribution >= 0.6 is 0 Å². The van der Waals surface area contributed by atoms with E-state index in [2.05, 4.69) is 0 Å². The predicted octanol–water partition coefficient (Wildman–Crippen LogP) is 9.23. The molecule has 33 heavy (non-hydrogen) atoms. The minimum atomic E-state index is -0.874. The normalized spacial score (nSPS) is 20.1. The molecule has 0 unspecified atom stereocenters. The molecule has 7 rings (SSSR count). The van der Waals surface area contributed by atoms with Crippen molar-refractivity contribution in [3.8, 4) is 22.3 Å². The van der Waals surface area contributed by atoms with Crippen LogP contribution in [0.25, 0.3) is 65.7 Å². The highest BCUT2D eigenvalue weighted by Crippen LogP contribution is 2.46. The van der Waals surface area contributed by atoms with E-state index in [1.807, 2.05) is 0 Å². The minimum Gasteiger partial charge on any atom is -0.456 e. The van der Waals surface area contributed by atoms with Crippen LogP contribution < -0.4 is 0 Å². The third-order valence-electron chi connectivity index (χ3n) is 5.32. The standard InChI is InChI=1S/C32H20O/c1-2-11-21(12-3-1)30-22-13-4-6-15-24(22)31(25-16-7-5-14-23(25)30)27-18-10-20-29-32(27)26-17-8-9-19-28(26)33-29/h1-20H/i1D,2D,3D,4D,5D,6D,7D,8D,9D,10D,11D,12D,13D,14D,15D,16D,17D,18D,19D,20D. The molecule has 0 bridgehead atoms. The summed E-state index contributed by atoms with van der Waals surface area (Å²) in [6.45, 7) is 0. The SMILES string of the molecule is [2H]c1c([2H])c([2H])c(-c2c3c([2H])c([2H])c([2H])c([2H])c3c(-c3c([2H])c([2H])c([2H])c4oc5c([2H])c([2H])c([2H])c([2H])c5c34)c3c([2H])c([2H])c([2H])c([2H])c23)c([2H])c1[2H]. The van der Waals surface area contributed by atoms with Crippen molar-refractivity contribution in [3.05, 3.63) is 121 Å².